The number of nitrogens with one attached hydrogen (secondary N) is 7. The van der Waals surface area contributed by atoms with E-state index in [2.05, 4.69) is 47.7 Å². The van der Waals surface area contributed by atoms with Crippen molar-refractivity contribution < 1.29 is 9.28 Å². The second-order valence-corrected chi connectivity index (χ2v) is 5.27. The first kappa shape index (κ1) is 18.1. The Balaban J connectivity index is 3.63. The summed E-state index contributed by atoms with van der Waals surface area (Å²) in [7, 11) is 7.85. The summed E-state index contributed by atoms with van der Waals surface area (Å²) in [5.74, 6) is -0.326. The molecule has 0 aromatic heterocycles. The van der Waals surface area contributed by atoms with Crippen molar-refractivity contribution in [3.8, 4) is 0 Å². The molecule has 9 nitrogen and oxygen atoms in total. The normalized spacial score (nSPS) is 10.6. The maximum atomic E-state index is 10.9. The van der Waals surface area contributed by atoms with Crippen LogP contribution in [-0.4, -0.2) is 76.8 Å². The van der Waals surface area contributed by atoms with E-state index in [1.165, 1.54) is 7.05 Å². The van der Waals surface area contributed by atoms with Gasteiger partial charge in [-0.25, -0.2) is 0 Å². The molecule has 0 rings (SSSR count). The molecule has 0 fully saturated rings. The minimum atomic E-state index is -0.224. The number of carbonyl (C=O) groups is 1. The largest absolute Gasteiger partial charge is 0.358 e. The maximum Gasteiger partial charge on any atom is 0.239 e. The number of guanidine groups is 2. The number of nitrogens with zero attached hydrogens (tertiary/aromatic N) is 1. The fourth-order valence-corrected chi connectivity index (χ4v) is 1.12. The molecule has 0 radical (unpaired) electrons. The summed E-state index contributed by atoms with van der Waals surface area (Å²) in [4.78, 5) is 10.9. The van der Waals surface area contributed by atoms with Crippen LogP contribution in [0.15, 0.2) is 0 Å². The number of likely N-dealkylation sites (N-methyl/N-ethyl adjacent to an activating group) is 2. The molecule has 0 unspecified atom stereocenters. The van der Waals surface area contributed by atoms with Crippen LogP contribution in [0, 0.1) is 10.8 Å². The molecule has 0 aromatic rings. The van der Waals surface area contributed by atoms with Crippen LogP contribution in [0.4, 0.5) is 0 Å². The Bertz CT molecular complexity index is 336. The Morgan fingerprint density at radius 3 is 2.25 bits per heavy atom. The van der Waals surface area contributed by atoms with Gasteiger partial charge in [0.15, 0.2) is 11.9 Å². The van der Waals surface area contributed by atoms with Crippen LogP contribution in [-0.2, 0) is 4.79 Å². The summed E-state index contributed by atoms with van der Waals surface area (Å²) in [6.45, 7) is 2.24. The van der Waals surface area contributed by atoms with Gasteiger partial charge in [-0.15, -0.1) is 0 Å². The topological polar surface area (TPSA) is 125 Å². The third kappa shape index (κ3) is 11.2. The third-order valence-electron chi connectivity index (χ3n) is 2.30. The predicted octanol–water partition coefficient (Wildman–Crippen LogP) is -2.38. The molecule has 0 spiro atoms. The molecule has 1 amide bonds. The maximum absolute atomic E-state index is 10.9. The van der Waals surface area contributed by atoms with E-state index in [0.717, 1.165) is 17.6 Å². The van der Waals surface area contributed by atoms with Gasteiger partial charge in [-0.2, -0.15) is 0 Å². The summed E-state index contributed by atoms with van der Waals surface area (Å²) >= 11 is 0. The van der Waals surface area contributed by atoms with Crippen molar-refractivity contribution in [2.24, 2.45) is 0 Å². The van der Waals surface area contributed by atoms with Gasteiger partial charge in [0.2, 0.25) is 5.91 Å². The van der Waals surface area contributed by atoms with Crippen molar-refractivity contribution in [1.82, 2.24) is 26.6 Å². The van der Waals surface area contributed by atoms with E-state index in [9.17, 15) is 4.79 Å². The number of hydrogen-bond acceptors (Lipinski definition) is 4. The second kappa shape index (κ2) is 9.10. The molecule has 0 aliphatic heterocycles. The lowest BCUT2D eigenvalue weighted by Crippen LogP contribution is -2.50. The second-order valence-electron chi connectivity index (χ2n) is 5.27. The molecule has 0 saturated carbocycles. The van der Waals surface area contributed by atoms with Gasteiger partial charge in [0.25, 0.3) is 0 Å². The molecule has 9 heteroatoms. The number of amides is 1. The fourth-order valence-electron chi connectivity index (χ4n) is 1.12. The Morgan fingerprint density at radius 2 is 1.70 bits per heavy atom. The van der Waals surface area contributed by atoms with Gasteiger partial charge in [-0.05, 0) is 0 Å². The summed E-state index contributed by atoms with van der Waals surface area (Å²) in [6, 6.07) is 0. The average Bonchev–Trinajstić information content (AvgIpc) is 2.34. The molecule has 0 aromatic carbocycles. The van der Waals surface area contributed by atoms with Crippen LogP contribution < -0.4 is 26.6 Å². The van der Waals surface area contributed by atoms with Crippen molar-refractivity contribution in [3.63, 3.8) is 0 Å². The molecule has 0 atom stereocenters. The molecule has 116 valence electrons. The van der Waals surface area contributed by atoms with E-state index in [1.54, 1.807) is 0 Å². The number of hydrogen-bond donors (Lipinski definition) is 7. The van der Waals surface area contributed by atoms with Crippen molar-refractivity contribution in [2.75, 3.05) is 54.5 Å². The lowest BCUT2D eigenvalue weighted by Gasteiger charge is -2.24. The Labute approximate surface area is 120 Å². The average molecular weight is 287 g/mol. The van der Waals surface area contributed by atoms with Gasteiger partial charge < -0.3 is 20.4 Å². The van der Waals surface area contributed by atoms with Gasteiger partial charge in [0, 0.05) is 13.6 Å². The number of rotatable bonds is 7. The first-order chi connectivity index (χ1) is 9.24. The van der Waals surface area contributed by atoms with Crippen molar-refractivity contribution in [1.29, 1.82) is 10.8 Å². The molecular formula is C11H27N8O+. The monoisotopic (exact) mass is 287 g/mol. The smallest absolute Gasteiger partial charge is 0.239 e. The zero-order valence-electron chi connectivity index (χ0n) is 12.7. The summed E-state index contributed by atoms with van der Waals surface area (Å²) < 4.78 is 0.872. The van der Waals surface area contributed by atoms with E-state index < -0.39 is 0 Å². The van der Waals surface area contributed by atoms with E-state index >= 15 is 0 Å². The van der Waals surface area contributed by atoms with Crippen molar-refractivity contribution in [3.05, 3.63) is 0 Å². The van der Waals surface area contributed by atoms with Gasteiger partial charge in [0.05, 0.1) is 40.9 Å². The number of quaternary nitrogens is 1. The summed E-state index contributed by atoms with van der Waals surface area (Å²) in [5.41, 5.74) is 0. The van der Waals surface area contributed by atoms with E-state index in [0.29, 0.717) is 6.67 Å². The summed E-state index contributed by atoms with van der Waals surface area (Å²) in [6.07, 6.45) is 0. The fraction of sp³-hybridized carbons (Fsp3) is 0.727. The Hall–Kier alpha value is -1.87. The highest BCUT2D eigenvalue weighted by atomic mass is 16.1. The molecule has 20 heavy (non-hydrogen) atoms. The van der Waals surface area contributed by atoms with E-state index in [4.69, 9.17) is 10.8 Å². The van der Waals surface area contributed by atoms with Gasteiger partial charge in [-0.3, -0.25) is 26.2 Å². The third-order valence-corrected chi connectivity index (χ3v) is 2.30. The quantitative estimate of drug-likeness (QED) is 0.0926. The van der Waals surface area contributed by atoms with Gasteiger partial charge >= 0.3 is 0 Å². The first-order valence-corrected chi connectivity index (χ1v) is 6.38. The van der Waals surface area contributed by atoms with Crippen LogP contribution in [0.2, 0.25) is 0 Å². The highest BCUT2D eigenvalue weighted by Crippen LogP contribution is 1.85. The van der Waals surface area contributed by atoms with Crippen molar-refractivity contribution in [2.45, 2.75) is 0 Å². The van der Waals surface area contributed by atoms with Crippen LogP contribution >= 0.6 is 0 Å². The van der Waals surface area contributed by atoms with Crippen LogP contribution in [0.25, 0.3) is 0 Å². The predicted molar refractivity (Wildman–Crippen MR) is 79.6 cm³/mol. The standard InChI is InChI=1S/C11H26N8O/c1-14-9(20)7-16-10(12)18-11(13)17-8-15-5-6-19(2,3)4/h15H,5-8H2,1-4H3,(H5-,12,13,14,16,17,18,20)/p+1. The van der Waals surface area contributed by atoms with Gasteiger partial charge in [0.1, 0.15) is 0 Å². The molecule has 0 aliphatic carbocycles. The zero-order valence-corrected chi connectivity index (χ0v) is 12.7. The lowest BCUT2D eigenvalue weighted by molar-refractivity contribution is -0.869. The van der Waals surface area contributed by atoms with Gasteiger partial charge in [-0.1, -0.05) is 0 Å². The highest BCUT2D eigenvalue weighted by molar-refractivity contribution is 5.96. The van der Waals surface area contributed by atoms with E-state index in [-0.39, 0.29) is 24.4 Å². The highest BCUT2D eigenvalue weighted by Gasteiger charge is 2.05. The molecule has 0 saturated heterocycles. The Morgan fingerprint density at radius 1 is 1.10 bits per heavy atom. The SMILES string of the molecule is CNC(=O)CNC(=N)NC(=N)NCNCC[N+](C)(C)C. The molecule has 7 N–H and O–H groups in total. The number of carbonyl (C=O) groups excluding carboxylic acids is 1. The molecule has 0 aliphatic rings. The van der Waals surface area contributed by atoms with Crippen LogP contribution in [0.3, 0.4) is 0 Å². The molecule has 0 bridgehead atoms. The van der Waals surface area contributed by atoms with Crippen LogP contribution in [0.5, 0.6) is 0 Å². The summed E-state index contributed by atoms with van der Waals surface area (Å²) in [5, 5.41) is 28.4. The molecule has 0 heterocycles. The first-order valence-electron chi connectivity index (χ1n) is 6.38. The lowest BCUT2D eigenvalue weighted by atomic mass is 10.5. The Kier molecular flexibility index (Phi) is 8.25. The van der Waals surface area contributed by atoms with E-state index in [1.807, 2.05) is 0 Å². The van der Waals surface area contributed by atoms with Crippen LogP contribution in [0.1, 0.15) is 0 Å². The minimum Gasteiger partial charge on any atom is -0.358 e. The zero-order chi connectivity index (χ0) is 15.6. The van der Waals surface area contributed by atoms with Crippen molar-refractivity contribution >= 4 is 17.8 Å². The molecular weight excluding hydrogens is 260 g/mol. The minimum absolute atomic E-state index is 0.00262.